The van der Waals surface area contributed by atoms with Gasteiger partial charge in [0.15, 0.2) is 11.5 Å². The zero-order valence-corrected chi connectivity index (χ0v) is 14.4. The van der Waals surface area contributed by atoms with E-state index in [4.69, 9.17) is 13.9 Å². The summed E-state index contributed by atoms with van der Waals surface area (Å²) in [5, 5.41) is 12.9. The monoisotopic (exact) mass is 354 g/mol. The topological polar surface area (TPSA) is 98.5 Å². The average molecular weight is 354 g/mol. The first-order valence-electron chi connectivity index (χ1n) is 7.84. The van der Waals surface area contributed by atoms with Gasteiger partial charge in [-0.2, -0.15) is 0 Å². The first-order valence-corrected chi connectivity index (χ1v) is 7.84. The molecular weight excluding hydrogens is 336 g/mol. The van der Waals surface area contributed by atoms with Crippen molar-refractivity contribution in [1.82, 2.24) is 10.2 Å². The van der Waals surface area contributed by atoms with Gasteiger partial charge >= 0.3 is 12.0 Å². The fourth-order valence-corrected chi connectivity index (χ4v) is 2.32. The summed E-state index contributed by atoms with van der Waals surface area (Å²) in [5.41, 5.74) is 1.57. The Balaban J connectivity index is 1.60. The molecule has 2 aromatic carbocycles. The zero-order chi connectivity index (χ0) is 18.4. The molecule has 8 heteroatoms. The number of carbonyl (C=O) groups is 1. The lowest BCUT2D eigenvalue weighted by atomic mass is 10.2. The highest BCUT2D eigenvalue weighted by molar-refractivity contribution is 5.98. The maximum absolute atomic E-state index is 12.1. The Morgan fingerprint density at radius 3 is 2.50 bits per heavy atom. The molecule has 0 fully saturated rings. The van der Waals surface area contributed by atoms with Gasteiger partial charge in [-0.1, -0.05) is 35.4 Å². The van der Waals surface area contributed by atoms with Crippen LogP contribution in [0.15, 0.2) is 52.9 Å². The fraction of sp³-hybridized carbons (Fsp3) is 0.167. The van der Waals surface area contributed by atoms with E-state index in [2.05, 4.69) is 20.8 Å². The molecule has 0 aliphatic rings. The third kappa shape index (κ3) is 4.29. The van der Waals surface area contributed by atoms with Crippen LogP contribution in [0.2, 0.25) is 0 Å². The predicted octanol–water partition coefficient (Wildman–Crippen LogP) is 3.32. The van der Waals surface area contributed by atoms with E-state index in [1.807, 2.05) is 30.3 Å². The molecular formula is C18H18N4O4. The molecule has 3 aromatic rings. The van der Waals surface area contributed by atoms with E-state index < -0.39 is 6.03 Å². The number of nitrogens with zero attached hydrogens (tertiary/aromatic N) is 2. The number of urea groups is 1. The Kier molecular flexibility index (Phi) is 5.33. The van der Waals surface area contributed by atoms with Crippen LogP contribution in [0.1, 0.15) is 11.5 Å². The summed E-state index contributed by atoms with van der Waals surface area (Å²) in [4.78, 5) is 12.1. The van der Waals surface area contributed by atoms with Gasteiger partial charge in [0.1, 0.15) is 0 Å². The minimum atomic E-state index is -0.507. The number of hydrogen-bond donors (Lipinski definition) is 2. The summed E-state index contributed by atoms with van der Waals surface area (Å²) in [5.74, 6) is 1.49. The van der Waals surface area contributed by atoms with E-state index in [0.717, 1.165) is 5.56 Å². The van der Waals surface area contributed by atoms with Crippen molar-refractivity contribution in [3.8, 4) is 11.5 Å². The molecule has 2 N–H and O–H groups in total. The molecule has 3 rings (SSSR count). The van der Waals surface area contributed by atoms with Gasteiger partial charge in [-0.05, 0) is 17.7 Å². The number of carbonyl (C=O) groups excluding carboxylic acids is 1. The van der Waals surface area contributed by atoms with Crippen LogP contribution in [0, 0.1) is 0 Å². The maximum atomic E-state index is 12.1. The van der Waals surface area contributed by atoms with E-state index in [9.17, 15) is 4.79 Å². The van der Waals surface area contributed by atoms with E-state index in [1.54, 1.807) is 25.3 Å². The minimum Gasteiger partial charge on any atom is -0.493 e. The Morgan fingerprint density at radius 1 is 1.00 bits per heavy atom. The lowest BCUT2D eigenvalue weighted by Crippen LogP contribution is -2.19. The van der Waals surface area contributed by atoms with Crippen molar-refractivity contribution in [2.24, 2.45) is 0 Å². The SMILES string of the molecule is COc1ccc(NC(=O)Nc2nnc(Cc3ccccc3)o2)cc1OC. The number of benzene rings is 2. The molecule has 0 radical (unpaired) electrons. The van der Waals surface area contributed by atoms with Gasteiger partial charge in [-0.3, -0.25) is 5.32 Å². The highest BCUT2D eigenvalue weighted by atomic mass is 16.5. The van der Waals surface area contributed by atoms with Crippen molar-refractivity contribution in [1.29, 1.82) is 0 Å². The summed E-state index contributed by atoms with van der Waals surface area (Å²) in [6, 6.07) is 14.3. The van der Waals surface area contributed by atoms with Gasteiger partial charge in [-0.25, -0.2) is 4.79 Å². The molecule has 26 heavy (non-hydrogen) atoms. The Hall–Kier alpha value is -3.55. The Morgan fingerprint density at radius 2 is 1.77 bits per heavy atom. The Bertz CT molecular complexity index is 880. The van der Waals surface area contributed by atoms with Gasteiger partial charge in [0.2, 0.25) is 5.89 Å². The highest BCUT2D eigenvalue weighted by Gasteiger charge is 2.12. The number of nitrogens with one attached hydrogen (secondary N) is 2. The molecule has 0 saturated carbocycles. The molecule has 2 amide bonds. The highest BCUT2D eigenvalue weighted by Crippen LogP contribution is 2.29. The number of anilines is 2. The summed E-state index contributed by atoms with van der Waals surface area (Å²) < 4.78 is 15.8. The molecule has 0 aliphatic carbocycles. The van der Waals surface area contributed by atoms with Crippen LogP contribution in [0.4, 0.5) is 16.5 Å². The number of rotatable bonds is 6. The van der Waals surface area contributed by atoms with Crippen molar-refractivity contribution >= 4 is 17.7 Å². The summed E-state index contributed by atoms with van der Waals surface area (Å²) in [6.45, 7) is 0. The molecule has 0 spiro atoms. The van der Waals surface area contributed by atoms with Gasteiger partial charge < -0.3 is 19.2 Å². The second-order valence-electron chi connectivity index (χ2n) is 5.31. The number of ether oxygens (including phenoxy) is 2. The van der Waals surface area contributed by atoms with E-state index in [-0.39, 0.29) is 6.01 Å². The number of amides is 2. The van der Waals surface area contributed by atoms with Crippen molar-refractivity contribution < 1.29 is 18.7 Å². The third-order valence-corrected chi connectivity index (χ3v) is 3.53. The standard InChI is InChI=1S/C18H18N4O4/c1-24-14-9-8-13(11-15(14)25-2)19-17(23)20-18-22-21-16(26-18)10-12-6-4-3-5-7-12/h3-9,11H,10H2,1-2H3,(H2,19,20,22,23). The van der Waals surface area contributed by atoms with Crippen LogP contribution in [-0.4, -0.2) is 30.4 Å². The smallest absolute Gasteiger partial charge is 0.327 e. The lowest BCUT2D eigenvalue weighted by Gasteiger charge is -2.10. The molecule has 0 saturated heterocycles. The summed E-state index contributed by atoms with van der Waals surface area (Å²) in [6.07, 6.45) is 0.493. The lowest BCUT2D eigenvalue weighted by molar-refractivity contribution is 0.261. The molecule has 0 atom stereocenters. The van der Waals surface area contributed by atoms with Gasteiger partial charge in [0.05, 0.1) is 20.6 Å². The van der Waals surface area contributed by atoms with Gasteiger partial charge in [0.25, 0.3) is 0 Å². The second-order valence-corrected chi connectivity index (χ2v) is 5.31. The van der Waals surface area contributed by atoms with Gasteiger partial charge in [0, 0.05) is 11.8 Å². The molecule has 1 aromatic heterocycles. The first-order chi connectivity index (χ1) is 12.7. The average Bonchev–Trinajstić information content (AvgIpc) is 3.09. The van der Waals surface area contributed by atoms with E-state index >= 15 is 0 Å². The molecule has 0 bridgehead atoms. The molecule has 0 unspecified atom stereocenters. The van der Waals surface area contributed by atoms with Crippen molar-refractivity contribution in [3.05, 3.63) is 60.0 Å². The van der Waals surface area contributed by atoms with Gasteiger partial charge in [-0.15, -0.1) is 5.10 Å². The van der Waals surface area contributed by atoms with E-state index in [0.29, 0.717) is 29.5 Å². The summed E-state index contributed by atoms with van der Waals surface area (Å²) in [7, 11) is 3.06. The molecule has 134 valence electrons. The van der Waals surface area contributed by atoms with Crippen LogP contribution in [0.5, 0.6) is 11.5 Å². The Labute approximate surface area is 150 Å². The zero-order valence-electron chi connectivity index (χ0n) is 14.4. The maximum Gasteiger partial charge on any atom is 0.327 e. The van der Waals surface area contributed by atoms with Crippen LogP contribution in [-0.2, 0) is 6.42 Å². The number of aromatic nitrogens is 2. The normalized spacial score (nSPS) is 10.2. The predicted molar refractivity (Wildman–Crippen MR) is 95.7 cm³/mol. The van der Waals surface area contributed by atoms with Crippen LogP contribution >= 0.6 is 0 Å². The third-order valence-electron chi connectivity index (χ3n) is 3.53. The van der Waals surface area contributed by atoms with Crippen LogP contribution < -0.4 is 20.1 Å². The summed E-state index contributed by atoms with van der Waals surface area (Å²) >= 11 is 0. The molecule has 8 nitrogen and oxygen atoms in total. The van der Waals surface area contributed by atoms with Crippen LogP contribution in [0.25, 0.3) is 0 Å². The fourth-order valence-electron chi connectivity index (χ4n) is 2.32. The van der Waals surface area contributed by atoms with Crippen molar-refractivity contribution in [2.45, 2.75) is 6.42 Å². The number of methoxy groups -OCH3 is 2. The quantitative estimate of drug-likeness (QED) is 0.704. The molecule has 0 aliphatic heterocycles. The largest absolute Gasteiger partial charge is 0.493 e. The number of hydrogen-bond acceptors (Lipinski definition) is 6. The van der Waals surface area contributed by atoms with Crippen molar-refractivity contribution in [3.63, 3.8) is 0 Å². The van der Waals surface area contributed by atoms with Crippen molar-refractivity contribution in [2.75, 3.05) is 24.9 Å². The van der Waals surface area contributed by atoms with Crippen LogP contribution in [0.3, 0.4) is 0 Å². The van der Waals surface area contributed by atoms with E-state index in [1.165, 1.54) is 7.11 Å². The minimum absolute atomic E-state index is 0.0221. The molecule has 1 heterocycles. The second kappa shape index (κ2) is 8.02. The first kappa shape index (κ1) is 17.3.